The van der Waals surface area contributed by atoms with Gasteiger partial charge in [-0.15, -0.1) is 11.3 Å². The van der Waals surface area contributed by atoms with Gasteiger partial charge in [-0.25, -0.2) is 8.42 Å². The Bertz CT molecular complexity index is 836. The first kappa shape index (κ1) is 21.9. The molecule has 1 aliphatic heterocycles. The van der Waals surface area contributed by atoms with Gasteiger partial charge in [-0.05, 0) is 50.0 Å². The van der Waals surface area contributed by atoms with E-state index in [0.717, 1.165) is 30.6 Å². The minimum atomic E-state index is -3.69. The highest BCUT2D eigenvalue weighted by Gasteiger charge is 2.35. The fourth-order valence-corrected chi connectivity index (χ4v) is 6.12. The van der Waals surface area contributed by atoms with Crippen molar-refractivity contribution in [3.63, 3.8) is 0 Å². The van der Waals surface area contributed by atoms with E-state index < -0.39 is 28.1 Å². The van der Waals surface area contributed by atoms with Crippen molar-refractivity contribution in [2.24, 2.45) is 0 Å². The van der Waals surface area contributed by atoms with Gasteiger partial charge in [0.05, 0.1) is 13.2 Å². The SMILES string of the molecule is O=C(NCCC1=CCCCC1)C(=O)NC[C@H]1OCCCN1S(=O)(=O)c1cccs1. The number of nitrogens with one attached hydrogen (secondary N) is 2. The Balaban J connectivity index is 1.48. The molecular formula is C19H27N3O5S2. The van der Waals surface area contributed by atoms with E-state index in [1.54, 1.807) is 17.5 Å². The van der Waals surface area contributed by atoms with Crippen LogP contribution in [0.5, 0.6) is 0 Å². The maximum absolute atomic E-state index is 12.8. The number of amides is 2. The fourth-order valence-electron chi connectivity index (χ4n) is 3.44. The molecule has 2 amide bonds. The molecule has 29 heavy (non-hydrogen) atoms. The molecule has 3 rings (SSSR count). The molecule has 0 aromatic carbocycles. The topological polar surface area (TPSA) is 105 Å². The second-order valence-electron chi connectivity index (χ2n) is 7.05. The van der Waals surface area contributed by atoms with E-state index in [2.05, 4.69) is 16.7 Å². The van der Waals surface area contributed by atoms with Crippen LogP contribution in [-0.2, 0) is 24.3 Å². The molecule has 1 atom stereocenters. The average molecular weight is 442 g/mol. The van der Waals surface area contributed by atoms with Crippen LogP contribution in [-0.4, -0.2) is 57.0 Å². The number of ether oxygens (including phenoxy) is 1. The summed E-state index contributed by atoms with van der Waals surface area (Å²) >= 11 is 1.13. The summed E-state index contributed by atoms with van der Waals surface area (Å²) in [5, 5.41) is 6.81. The average Bonchev–Trinajstić information content (AvgIpc) is 3.29. The highest BCUT2D eigenvalue weighted by atomic mass is 32.2. The predicted octanol–water partition coefficient (Wildman–Crippen LogP) is 1.61. The number of carbonyl (C=O) groups excluding carboxylic acids is 2. The summed E-state index contributed by atoms with van der Waals surface area (Å²) in [7, 11) is -3.69. The largest absolute Gasteiger partial charge is 0.360 e. The molecule has 2 aliphatic rings. The van der Waals surface area contributed by atoms with Gasteiger partial charge >= 0.3 is 11.8 Å². The zero-order valence-corrected chi connectivity index (χ0v) is 17.9. The van der Waals surface area contributed by atoms with Gasteiger partial charge < -0.3 is 15.4 Å². The smallest absolute Gasteiger partial charge is 0.309 e. The molecule has 8 nitrogen and oxygen atoms in total. The monoisotopic (exact) mass is 441 g/mol. The van der Waals surface area contributed by atoms with Crippen molar-refractivity contribution >= 4 is 33.2 Å². The van der Waals surface area contributed by atoms with E-state index in [1.807, 2.05) is 0 Å². The first-order chi connectivity index (χ1) is 14.0. The van der Waals surface area contributed by atoms with E-state index in [1.165, 1.54) is 22.7 Å². The van der Waals surface area contributed by atoms with Crippen LogP contribution in [0.1, 0.15) is 38.5 Å². The van der Waals surface area contributed by atoms with Crippen molar-refractivity contribution < 1.29 is 22.7 Å². The maximum atomic E-state index is 12.8. The van der Waals surface area contributed by atoms with Crippen molar-refractivity contribution in [3.8, 4) is 0 Å². The first-order valence-corrected chi connectivity index (χ1v) is 12.2. The van der Waals surface area contributed by atoms with Gasteiger partial charge in [0.2, 0.25) is 0 Å². The fraction of sp³-hybridized carbons (Fsp3) is 0.579. The van der Waals surface area contributed by atoms with Gasteiger partial charge in [-0.1, -0.05) is 17.7 Å². The molecule has 160 valence electrons. The highest BCUT2D eigenvalue weighted by molar-refractivity contribution is 7.91. The van der Waals surface area contributed by atoms with Crippen LogP contribution in [0.15, 0.2) is 33.4 Å². The van der Waals surface area contributed by atoms with Gasteiger partial charge in [0, 0.05) is 13.1 Å². The van der Waals surface area contributed by atoms with Gasteiger partial charge in [-0.3, -0.25) is 9.59 Å². The van der Waals surface area contributed by atoms with Crippen molar-refractivity contribution in [3.05, 3.63) is 29.2 Å². The third-order valence-electron chi connectivity index (χ3n) is 4.97. The summed E-state index contributed by atoms with van der Waals surface area (Å²) < 4.78 is 32.6. The standard InChI is InChI=1S/C19H27N3O5S2/c23-18(20-10-9-15-6-2-1-3-7-15)19(24)21-14-16-22(11-5-12-27-16)29(25,26)17-8-4-13-28-17/h4,6,8,13,16H,1-3,5,7,9-12,14H2,(H,20,23)(H,21,24)/t16-/m1/s1. The molecule has 0 radical (unpaired) electrons. The summed E-state index contributed by atoms with van der Waals surface area (Å²) in [6, 6.07) is 3.21. The van der Waals surface area contributed by atoms with E-state index in [4.69, 9.17) is 4.74 Å². The summed E-state index contributed by atoms with van der Waals surface area (Å²) in [5.74, 6) is -1.50. The molecule has 0 spiro atoms. The first-order valence-electron chi connectivity index (χ1n) is 9.89. The molecule has 0 bridgehead atoms. The van der Waals surface area contributed by atoms with Crippen LogP contribution >= 0.6 is 11.3 Å². The quantitative estimate of drug-likeness (QED) is 0.494. The Kier molecular flexibility index (Phi) is 7.82. The minimum absolute atomic E-state index is 0.0813. The van der Waals surface area contributed by atoms with Crippen LogP contribution in [0, 0.1) is 0 Å². The number of hydrogen-bond acceptors (Lipinski definition) is 6. The zero-order valence-electron chi connectivity index (χ0n) is 16.3. The second-order valence-corrected chi connectivity index (χ2v) is 10.1. The van der Waals surface area contributed by atoms with Crippen LogP contribution in [0.2, 0.25) is 0 Å². The van der Waals surface area contributed by atoms with Crippen molar-refractivity contribution in [2.45, 2.75) is 49.0 Å². The second kappa shape index (κ2) is 10.3. The van der Waals surface area contributed by atoms with E-state index in [-0.39, 0.29) is 10.8 Å². The van der Waals surface area contributed by atoms with Gasteiger partial charge in [0.25, 0.3) is 10.0 Å². The Morgan fingerprint density at radius 2 is 2.03 bits per heavy atom. The number of carbonyl (C=O) groups is 2. The van der Waals surface area contributed by atoms with Crippen molar-refractivity contribution in [1.29, 1.82) is 0 Å². The molecule has 1 aromatic heterocycles. The predicted molar refractivity (Wildman–Crippen MR) is 110 cm³/mol. The number of thiophene rings is 1. The lowest BCUT2D eigenvalue weighted by molar-refractivity contribution is -0.140. The summed E-state index contributed by atoms with van der Waals surface area (Å²) in [5.41, 5.74) is 1.32. The third-order valence-corrected chi connectivity index (χ3v) is 8.23. The Morgan fingerprint density at radius 3 is 2.76 bits per heavy atom. The zero-order chi connectivity index (χ0) is 20.7. The number of allylic oxidation sites excluding steroid dienone is 1. The summed E-state index contributed by atoms with van der Waals surface area (Å²) in [4.78, 5) is 24.1. The third kappa shape index (κ3) is 5.88. The molecule has 10 heteroatoms. The van der Waals surface area contributed by atoms with E-state index in [0.29, 0.717) is 26.1 Å². The number of rotatable bonds is 7. The molecular weight excluding hydrogens is 414 g/mol. The van der Waals surface area contributed by atoms with Gasteiger partial charge in [-0.2, -0.15) is 4.31 Å². The van der Waals surface area contributed by atoms with Crippen LogP contribution in [0.4, 0.5) is 0 Å². The van der Waals surface area contributed by atoms with Crippen molar-refractivity contribution in [2.75, 3.05) is 26.2 Å². The lowest BCUT2D eigenvalue weighted by atomic mass is 9.97. The van der Waals surface area contributed by atoms with Gasteiger partial charge in [0.15, 0.2) is 0 Å². The van der Waals surface area contributed by atoms with Gasteiger partial charge in [0.1, 0.15) is 10.4 Å². The molecule has 1 fully saturated rings. The Morgan fingerprint density at radius 1 is 1.21 bits per heavy atom. The molecule has 0 saturated carbocycles. The Labute approximate surface area is 175 Å². The number of hydrogen-bond donors (Lipinski definition) is 2. The van der Waals surface area contributed by atoms with Crippen LogP contribution in [0.25, 0.3) is 0 Å². The lowest BCUT2D eigenvalue weighted by Crippen LogP contribution is -2.53. The van der Waals surface area contributed by atoms with Crippen LogP contribution in [0.3, 0.4) is 0 Å². The summed E-state index contributed by atoms with van der Waals surface area (Å²) in [6.07, 6.45) is 7.21. The molecule has 1 aliphatic carbocycles. The van der Waals surface area contributed by atoms with E-state index in [9.17, 15) is 18.0 Å². The van der Waals surface area contributed by atoms with E-state index >= 15 is 0 Å². The Hall–Kier alpha value is -1.75. The van der Waals surface area contributed by atoms with Crippen LogP contribution < -0.4 is 10.6 Å². The minimum Gasteiger partial charge on any atom is -0.360 e. The molecule has 0 unspecified atom stereocenters. The molecule has 2 heterocycles. The molecule has 2 N–H and O–H groups in total. The summed E-state index contributed by atoms with van der Waals surface area (Å²) in [6.45, 7) is 1.04. The number of nitrogens with zero attached hydrogens (tertiary/aromatic N) is 1. The normalized spacial score (nSPS) is 20.7. The van der Waals surface area contributed by atoms with Crippen molar-refractivity contribution in [1.82, 2.24) is 14.9 Å². The highest BCUT2D eigenvalue weighted by Crippen LogP contribution is 2.25. The molecule has 1 saturated heterocycles. The number of sulfonamides is 1. The molecule has 1 aromatic rings. The lowest BCUT2D eigenvalue weighted by Gasteiger charge is -2.34. The maximum Gasteiger partial charge on any atom is 0.309 e.